The molecule has 70 valence electrons. The van der Waals surface area contributed by atoms with Gasteiger partial charge in [0.2, 0.25) is 0 Å². The van der Waals surface area contributed by atoms with E-state index in [2.05, 4.69) is 30.4 Å². The molecule has 0 spiro atoms. The van der Waals surface area contributed by atoms with Crippen LogP contribution in [0.2, 0.25) is 0 Å². The zero-order chi connectivity index (χ0) is 9.26. The van der Waals surface area contributed by atoms with Crippen LogP contribution in [0.15, 0.2) is 18.2 Å². The predicted octanol–water partition coefficient (Wildman–Crippen LogP) is 0.968. The van der Waals surface area contributed by atoms with Crippen molar-refractivity contribution in [1.29, 1.82) is 0 Å². The van der Waals surface area contributed by atoms with Gasteiger partial charge in [-0.05, 0) is 24.5 Å². The molecule has 0 fully saturated rings. The maximum Gasteiger partial charge on any atom is 0.0233 e. The van der Waals surface area contributed by atoms with Crippen LogP contribution in [0.25, 0.3) is 0 Å². The fourth-order valence-corrected chi connectivity index (χ4v) is 1.88. The number of fused-ring (bicyclic) bond motifs is 1. The standard InChI is InChI=1S/C11H16N2/c1-8-2-3-9-5-11(6-12)13-7-10(9)4-8/h2-4,11,13H,5-7,12H2,1H3. The molecule has 0 saturated heterocycles. The predicted molar refractivity (Wildman–Crippen MR) is 54.6 cm³/mol. The van der Waals surface area contributed by atoms with E-state index in [4.69, 9.17) is 5.73 Å². The summed E-state index contributed by atoms with van der Waals surface area (Å²) in [4.78, 5) is 0. The smallest absolute Gasteiger partial charge is 0.0233 e. The Balaban J connectivity index is 2.26. The van der Waals surface area contributed by atoms with Gasteiger partial charge in [-0.15, -0.1) is 0 Å². The lowest BCUT2D eigenvalue weighted by Gasteiger charge is -2.25. The SMILES string of the molecule is Cc1ccc2c(c1)CNC(CN)C2. The molecule has 1 unspecified atom stereocenters. The number of hydrogen-bond acceptors (Lipinski definition) is 2. The highest BCUT2D eigenvalue weighted by Gasteiger charge is 2.15. The molecule has 2 nitrogen and oxygen atoms in total. The summed E-state index contributed by atoms with van der Waals surface area (Å²) in [6, 6.07) is 7.14. The second-order valence-corrected chi connectivity index (χ2v) is 3.79. The van der Waals surface area contributed by atoms with Gasteiger partial charge in [0.15, 0.2) is 0 Å². The van der Waals surface area contributed by atoms with Gasteiger partial charge in [-0.2, -0.15) is 0 Å². The van der Waals surface area contributed by atoms with Gasteiger partial charge in [-0.1, -0.05) is 23.8 Å². The van der Waals surface area contributed by atoms with E-state index in [9.17, 15) is 0 Å². The molecule has 0 radical (unpaired) electrons. The first-order valence-electron chi connectivity index (χ1n) is 4.81. The van der Waals surface area contributed by atoms with E-state index in [1.165, 1.54) is 16.7 Å². The number of aryl methyl sites for hydroxylation is 1. The summed E-state index contributed by atoms with van der Waals surface area (Å²) in [6.45, 7) is 3.83. The number of rotatable bonds is 1. The zero-order valence-electron chi connectivity index (χ0n) is 8.01. The summed E-state index contributed by atoms with van der Waals surface area (Å²) in [5.41, 5.74) is 9.86. The summed E-state index contributed by atoms with van der Waals surface area (Å²) in [6.07, 6.45) is 1.08. The summed E-state index contributed by atoms with van der Waals surface area (Å²) in [5, 5.41) is 3.43. The van der Waals surface area contributed by atoms with Crippen molar-refractivity contribution in [3.8, 4) is 0 Å². The molecule has 0 amide bonds. The molecule has 1 heterocycles. The topological polar surface area (TPSA) is 38.0 Å². The van der Waals surface area contributed by atoms with E-state index in [0.717, 1.165) is 19.5 Å². The summed E-state index contributed by atoms with van der Waals surface area (Å²) in [5.74, 6) is 0. The van der Waals surface area contributed by atoms with Crippen LogP contribution in [-0.4, -0.2) is 12.6 Å². The molecule has 0 aromatic heterocycles. The molecule has 2 heteroatoms. The Hall–Kier alpha value is -0.860. The molecule has 1 aliphatic heterocycles. The van der Waals surface area contributed by atoms with Gasteiger partial charge in [-0.3, -0.25) is 0 Å². The van der Waals surface area contributed by atoms with E-state index >= 15 is 0 Å². The summed E-state index contributed by atoms with van der Waals surface area (Å²) < 4.78 is 0. The number of hydrogen-bond donors (Lipinski definition) is 2. The molecule has 2 rings (SSSR count). The normalized spacial score (nSPS) is 21.2. The van der Waals surface area contributed by atoms with Crippen LogP contribution in [0.4, 0.5) is 0 Å². The Bertz CT molecular complexity index is 307. The first-order valence-corrected chi connectivity index (χ1v) is 4.81. The van der Waals surface area contributed by atoms with Crippen molar-refractivity contribution < 1.29 is 0 Å². The first-order chi connectivity index (χ1) is 6.29. The summed E-state index contributed by atoms with van der Waals surface area (Å²) in [7, 11) is 0. The van der Waals surface area contributed by atoms with Gasteiger partial charge in [0.05, 0.1) is 0 Å². The lowest BCUT2D eigenvalue weighted by molar-refractivity contribution is 0.487. The molecule has 1 aromatic rings. The highest BCUT2D eigenvalue weighted by molar-refractivity contribution is 5.33. The minimum absolute atomic E-state index is 0.468. The number of nitrogens with one attached hydrogen (secondary N) is 1. The van der Waals surface area contributed by atoms with Crippen LogP contribution in [0.5, 0.6) is 0 Å². The fraction of sp³-hybridized carbons (Fsp3) is 0.455. The quantitative estimate of drug-likeness (QED) is 0.669. The molecule has 0 saturated carbocycles. The van der Waals surface area contributed by atoms with Gasteiger partial charge >= 0.3 is 0 Å². The third kappa shape index (κ3) is 1.74. The van der Waals surface area contributed by atoms with Crippen molar-refractivity contribution in [1.82, 2.24) is 5.32 Å². The minimum Gasteiger partial charge on any atom is -0.329 e. The molecular formula is C11H16N2. The van der Waals surface area contributed by atoms with Gasteiger partial charge < -0.3 is 11.1 Å². The fourth-order valence-electron chi connectivity index (χ4n) is 1.88. The Morgan fingerprint density at radius 1 is 1.46 bits per heavy atom. The number of nitrogens with two attached hydrogens (primary N) is 1. The lowest BCUT2D eigenvalue weighted by Crippen LogP contribution is -2.40. The van der Waals surface area contributed by atoms with Crippen molar-refractivity contribution in [3.05, 3.63) is 34.9 Å². The molecule has 0 bridgehead atoms. The highest BCUT2D eigenvalue weighted by atomic mass is 14.9. The lowest BCUT2D eigenvalue weighted by atomic mass is 9.94. The molecule has 1 atom stereocenters. The van der Waals surface area contributed by atoms with Gasteiger partial charge in [-0.25, -0.2) is 0 Å². The van der Waals surface area contributed by atoms with E-state index in [-0.39, 0.29) is 0 Å². The van der Waals surface area contributed by atoms with Crippen LogP contribution in [-0.2, 0) is 13.0 Å². The largest absolute Gasteiger partial charge is 0.329 e. The first kappa shape index (κ1) is 8.73. The summed E-state index contributed by atoms with van der Waals surface area (Å²) >= 11 is 0. The maximum atomic E-state index is 5.63. The number of benzene rings is 1. The Morgan fingerprint density at radius 2 is 2.31 bits per heavy atom. The van der Waals surface area contributed by atoms with E-state index in [0.29, 0.717) is 6.04 Å². The van der Waals surface area contributed by atoms with Gasteiger partial charge in [0, 0.05) is 19.1 Å². The van der Waals surface area contributed by atoms with Crippen LogP contribution >= 0.6 is 0 Å². The third-order valence-electron chi connectivity index (χ3n) is 2.69. The second kappa shape index (κ2) is 3.48. The van der Waals surface area contributed by atoms with Crippen molar-refractivity contribution in [2.24, 2.45) is 5.73 Å². The molecular weight excluding hydrogens is 160 g/mol. The Kier molecular flexibility index (Phi) is 2.34. The van der Waals surface area contributed by atoms with Crippen molar-refractivity contribution in [2.75, 3.05) is 6.54 Å². The zero-order valence-corrected chi connectivity index (χ0v) is 8.01. The molecule has 1 aliphatic rings. The van der Waals surface area contributed by atoms with Crippen LogP contribution in [0.1, 0.15) is 16.7 Å². The van der Waals surface area contributed by atoms with Crippen LogP contribution in [0, 0.1) is 6.92 Å². The Morgan fingerprint density at radius 3 is 3.08 bits per heavy atom. The average Bonchev–Trinajstić information content (AvgIpc) is 2.17. The monoisotopic (exact) mass is 176 g/mol. The second-order valence-electron chi connectivity index (χ2n) is 3.79. The van der Waals surface area contributed by atoms with Crippen LogP contribution < -0.4 is 11.1 Å². The van der Waals surface area contributed by atoms with Gasteiger partial charge in [0.1, 0.15) is 0 Å². The minimum atomic E-state index is 0.468. The molecule has 1 aromatic carbocycles. The Labute approximate surface area is 79.1 Å². The van der Waals surface area contributed by atoms with Crippen LogP contribution in [0.3, 0.4) is 0 Å². The van der Waals surface area contributed by atoms with E-state index in [1.807, 2.05) is 0 Å². The molecule has 0 aliphatic carbocycles. The molecule has 3 N–H and O–H groups in total. The van der Waals surface area contributed by atoms with E-state index in [1.54, 1.807) is 0 Å². The van der Waals surface area contributed by atoms with E-state index < -0.39 is 0 Å². The molecule has 13 heavy (non-hydrogen) atoms. The maximum absolute atomic E-state index is 5.63. The van der Waals surface area contributed by atoms with Crippen molar-refractivity contribution in [3.63, 3.8) is 0 Å². The van der Waals surface area contributed by atoms with Gasteiger partial charge in [0.25, 0.3) is 0 Å². The third-order valence-corrected chi connectivity index (χ3v) is 2.69. The van der Waals surface area contributed by atoms with Crippen molar-refractivity contribution >= 4 is 0 Å². The highest BCUT2D eigenvalue weighted by Crippen LogP contribution is 2.17. The average molecular weight is 176 g/mol. The van der Waals surface area contributed by atoms with Crippen molar-refractivity contribution in [2.45, 2.75) is 25.9 Å².